The molecule has 0 radical (unpaired) electrons. The van der Waals surface area contributed by atoms with E-state index < -0.39 is 17.4 Å². The van der Waals surface area contributed by atoms with Crippen LogP contribution in [-0.2, 0) is 0 Å². The fourth-order valence-electron chi connectivity index (χ4n) is 3.16. The lowest BCUT2D eigenvalue weighted by atomic mass is 10.1. The van der Waals surface area contributed by atoms with Gasteiger partial charge in [0.15, 0.2) is 0 Å². The van der Waals surface area contributed by atoms with Gasteiger partial charge in [0.25, 0.3) is 17.4 Å². The number of hydrogen-bond acceptors (Lipinski definition) is 5. The van der Waals surface area contributed by atoms with Gasteiger partial charge >= 0.3 is 0 Å². The number of methoxy groups -OCH3 is 1. The number of carbonyl (C=O) groups excluding carboxylic acids is 2. The van der Waals surface area contributed by atoms with Crippen LogP contribution in [0.2, 0.25) is 5.02 Å². The number of amides is 2. The molecule has 2 aromatic rings. The second-order valence-electron chi connectivity index (χ2n) is 6.09. The Balaban J connectivity index is 2.03. The second kappa shape index (κ2) is 5.35. The molecule has 0 atom stereocenters. The van der Waals surface area contributed by atoms with Crippen LogP contribution in [0.3, 0.4) is 0 Å². The van der Waals surface area contributed by atoms with E-state index >= 15 is 0 Å². The van der Waals surface area contributed by atoms with Crippen LogP contribution in [-0.4, -0.2) is 23.5 Å². The number of nitrogen functional groups attached to an aromatic ring is 1. The molecule has 0 saturated heterocycles. The Hall–Kier alpha value is -2.80. The minimum atomic E-state index is -0.618. The van der Waals surface area contributed by atoms with Gasteiger partial charge in [-0.05, 0) is 30.4 Å². The zero-order valence-corrected chi connectivity index (χ0v) is 14.0. The third kappa shape index (κ3) is 2.31. The molecular weight excluding hydrogens is 346 g/mol. The van der Waals surface area contributed by atoms with E-state index in [4.69, 9.17) is 22.1 Å². The van der Waals surface area contributed by atoms with Gasteiger partial charge in [0, 0.05) is 12.1 Å². The normalized spacial score (nSPS) is 15.9. The first-order chi connectivity index (χ1) is 11.9. The predicted molar refractivity (Wildman–Crippen MR) is 91.8 cm³/mol. The van der Waals surface area contributed by atoms with Crippen molar-refractivity contribution < 1.29 is 14.3 Å². The fraction of sp³-hybridized carbons (Fsp3) is 0.235. The van der Waals surface area contributed by atoms with Crippen molar-refractivity contribution in [3.63, 3.8) is 0 Å². The molecule has 1 aromatic carbocycles. The fourth-order valence-corrected chi connectivity index (χ4v) is 3.41. The number of aromatic nitrogens is 1. The molecule has 3 N–H and O–H groups in total. The van der Waals surface area contributed by atoms with E-state index in [9.17, 15) is 14.4 Å². The Morgan fingerprint density at radius 1 is 1.20 bits per heavy atom. The molecule has 2 heterocycles. The summed E-state index contributed by atoms with van der Waals surface area (Å²) >= 11 is 6.22. The average molecular weight is 360 g/mol. The standard InChI is InChI=1S/C17H14ClN3O4/c1-25-12-6-11(8(4-10(12)18)7-2-3-7)21-13(22)5-9-14(15(21)19)17(24)20-16(9)23/h4-7H,2-3,19H2,1H3,(H,20,23,24). The second-order valence-corrected chi connectivity index (χ2v) is 6.50. The van der Waals surface area contributed by atoms with Gasteiger partial charge < -0.3 is 10.5 Å². The van der Waals surface area contributed by atoms with Crippen molar-refractivity contribution >= 4 is 29.2 Å². The van der Waals surface area contributed by atoms with E-state index in [1.165, 1.54) is 11.7 Å². The summed E-state index contributed by atoms with van der Waals surface area (Å²) in [5.41, 5.74) is 7.01. The van der Waals surface area contributed by atoms with Crippen LogP contribution < -0.4 is 21.3 Å². The van der Waals surface area contributed by atoms with Crippen molar-refractivity contribution in [1.29, 1.82) is 0 Å². The zero-order chi connectivity index (χ0) is 17.9. The van der Waals surface area contributed by atoms with E-state index in [0.717, 1.165) is 24.5 Å². The number of nitrogens with one attached hydrogen (secondary N) is 1. The van der Waals surface area contributed by atoms with E-state index in [1.54, 1.807) is 12.1 Å². The molecule has 25 heavy (non-hydrogen) atoms. The van der Waals surface area contributed by atoms with Crippen LogP contribution in [0.15, 0.2) is 23.0 Å². The number of rotatable bonds is 3. The van der Waals surface area contributed by atoms with Crippen molar-refractivity contribution in [3.8, 4) is 11.4 Å². The Labute approximate surface area is 147 Å². The summed E-state index contributed by atoms with van der Waals surface area (Å²) in [6, 6.07) is 4.52. The number of pyridine rings is 1. The summed E-state index contributed by atoms with van der Waals surface area (Å²) in [4.78, 5) is 36.5. The maximum Gasteiger partial charge on any atom is 0.262 e. The van der Waals surface area contributed by atoms with Crippen LogP contribution in [0.25, 0.3) is 5.69 Å². The highest BCUT2D eigenvalue weighted by molar-refractivity contribution is 6.32. The molecule has 1 aliphatic carbocycles. The summed E-state index contributed by atoms with van der Waals surface area (Å²) in [6.07, 6.45) is 1.96. The Morgan fingerprint density at radius 2 is 1.92 bits per heavy atom. The van der Waals surface area contributed by atoms with Gasteiger partial charge in [0.1, 0.15) is 11.6 Å². The van der Waals surface area contributed by atoms with Gasteiger partial charge in [-0.15, -0.1) is 0 Å². The van der Waals surface area contributed by atoms with Gasteiger partial charge in [-0.1, -0.05) is 11.6 Å². The van der Waals surface area contributed by atoms with Gasteiger partial charge in [0.2, 0.25) is 0 Å². The van der Waals surface area contributed by atoms with Crippen LogP contribution in [0.5, 0.6) is 5.75 Å². The predicted octanol–water partition coefficient (Wildman–Crippen LogP) is 1.84. The van der Waals surface area contributed by atoms with Gasteiger partial charge in [-0.25, -0.2) is 0 Å². The van der Waals surface area contributed by atoms with Crippen LogP contribution >= 0.6 is 11.6 Å². The number of nitrogens with two attached hydrogens (primary N) is 1. The number of hydrogen-bond donors (Lipinski definition) is 2. The summed E-state index contributed by atoms with van der Waals surface area (Å²) in [6.45, 7) is 0. The molecule has 7 nitrogen and oxygen atoms in total. The van der Waals surface area contributed by atoms with Crippen LogP contribution in [0.1, 0.15) is 45.0 Å². The lowest BCUT2D eigenvalue weighted by Crippen LogP contribution is -2.25. The molecule has 1 fully saturated rings. The van der Waals surface area contributed by atoms with E-state index in [1.807, 2.05) is 0 Å². The molecule has 1 aliphatic heterocycles. The summed E-state index contributed by atoms with van der Waals surface area (Å²) < 4.78 is 6.49. The highest BCUT2D eigenvalue weighted by atomic mass is 35.5. The molecule has 2 aliphatic rings. The quantitative estimate of drug-likeness (QED) is 0.814. The number of ether oxygens (including phenoxy) is 1. The number of nitrogens with zero attached hydrogens (tertiary/aromatic N) is 1. The third-order valence-corrected chi connectivity index (χ3v) is 4.81. The Morgan fingerprint density at radius 3 is 2.56 bits per heavy atom. The number of halogens is 1. The molecule has 1 aromatic heterocycles. The highest BCUT2D eigenvalue weighted by Gasteiger charge is 2.34. The molecular formula is C17H14ClN3O4. The lowest BCUT2D eigenvalue weighted by molar-refractivity contribution is 0.0880. The molecule has 4 rings (SSSR count). The topological polar surface area (TPSA) is 103 Å². The number of fused-ring (bicyclic) bond motifs is 1. The number of carbonyl (C=O) groups is 2. The SMILES string of the molecule is COc1cc(-n2c(N)c3c(cc2=O)C(=O)NC3=O)c(C2CC2)cc1Cl. The first kappa shape index (κ1) is 15.7. The van der Waals surface area contributed by atoms with E-state index in [2.05, 4.69) is 5.32 Å². The highest BCUT2D eigenvalue weighted by Crippen LogP contribution is 2.45. The minimum Gasteiger partial charge on any atom is -0.495 e. The van der Waals surface area contributed by atoms with E-state index in [0.29, 0.717) is 16.5 Å². The van der Waals surface area contributed by atoms with Crippen molar-refractivity contribution in [2.45, 2.75) is 18.8 Å². The first-order valence-corrected chi connectivity index (χ1v) is 8.09. The molecule has 0 spiro atoms. The van der Waals surface area contributed by atoms with Crippen molar-refractivity contribution in [1.82, 2.24) is 9.88 Å². The smallest absolute Gasteiger partial charge is 0.262 e. The van der Waals surface area contributed by atoms with E-state index in [-0.39, 0.29) is 22.9 Å². The molecule has 2 amide bonds. The maximum atomic E-state index is 12.7. The van der Waals surface area contributed by atoms with Gasteiger partial charge in [0.05, 0.1) is 28.9 Å². The Bertz CT molecular complexity index is 1010. The largest absolute Gasteiger partial charge is 0.495 e. The summed E-state index contributed by atoms with van der Waals surface area (Å²) in [5.74, 6) is -0.633. The van der Waals surface area contributed by atoms with Crippen molar-refractivity contribution in [3.05, 3.63) is 50.3 Å². The number of benzene rings is 1. The number of imide groups is 1. The first-order valence-electron chi connectivity index (χ1n) is 7.71. The van der Waals surface area contributed by atoms with Crippen LogP contribution in [0, 0.1) is 0 Å². The minimum absolute atomic E-state index is 0.00218. The molecule has 0 bridgehead atoms. The maximum absolute atomic E-state index is 12.7. The molecule has 1 saturated carbocycles. The molecule has 128 valence electrons. The third-order valence-electron chi connectivity index (χ3n) is 4.51. The van der Waals surface area contributed by atoms with Gasteiger partial charge in [-0.2, -0.15) is 0 Å². The zero-order valence-electron chi connectivity index (χ0n) is 13.3. The monoisotopic (exact) mass is 359 g/mol. The summed E-state index contributed by atoms with van der Waals surface area (Å²) in [7, 11) is 1.47. The van der Waals surface area contributed by atoms with Crippen molar-refractivity contribution in [2.75, 3.05) is 12.8 Å². The average Bonchev–Trinajstić information content (AvgIpc) is 3.35. The molecule has 8 heteroatoms. The number of anilines is 1. The molecule has 0 unspecified atom stereocenters. The van der Waals surface area contributed by atoms with Crippen LogP contribution in [0.4, 0.5) is 5.82 Å². The summed E-state index contributed by atoms with van der Waals surface area (Å²) in [5, 5.41) is 2.59. The van der Waals surface area contributed by atoms with Gasteiger partial charge in [-0.3, -0.25) is 24.3 Å². The van der Waals surface area contributed by atoms with Crippen molar-refractivity contribution in [2.24, 2.45) is 0 Å². The lowest BCUT2D eigenvalue weighted by Gasteiger charge is -2.17. The Kier molecular flexibility index (Phi) is 3.36.